The summed E-state index contributed by atoms with van der Waals surface area (Å²) in [6.45, 7) is 0.133. The third-order valence-electron chi connectivity index (χ3n) is 3.16. The molecule has 0 aromatic heterocycles. The Balaban J connectivity index is 0.00000242. The Kier molecular flexibility index (Phi) is 6.13. The van der Waals surface area contributed by atoms with E-state index in [0.29, 0.717) is 0 Å². The topological polar surface area (TPSA) is 122 Å². The number of β-lactam (4-membered cyclic amide) rings is 1. The first-order chi connectivity index (χ1) is 9.78. The normalized spacial score (nSPS) is 20.4. The van der Waals surface area contributed by atoms with Gasteiger partial charge in [-0.1, -0.05) is 18.2 Å². The molecule has 0 radical (unpaired) electrons. The number of carbonyl (C=O) groups excluding carboxylic acids is 2. The van der Waals surface area contributed by atoms with Crippen molar-refractivity contribution >= 4 is 51.5 Å². The molecule has 1 fully saturated rings. The van der Waals surface area contributed by atoms with Crippen molar-refractivity contribution in [1.82, 2.24) is 10.6 Å². The summed E-state index contributed by atoms with van der Waals surface area (Å²) >= 11 is 0. The first-order valence-corrected chi connectivity index (χ1v) is 7.42. The Labute approximate surface area is 149 Å². The Morgan fingerprint density at radius 2 is 2.09 bits per heavy atom. The van der Waals surface area contributed by atoms with Crippen molar-refractivity contribution in [2.75, 3.05) is 13.7 Å². The molecule has 22 heavy (non-hydrogen) atoms. The fourth-order valence-corrected chi connectivity index (χ4v) is 2.70. The van der Waals surface area contributed by atoms with Crippen LogP contribution in [0.25, 0.3) is 0 Å². The van der Waals surface area contributed by atoms with Gasteiger partial charge < -0.3 is 15.4 Å². The van der Waals surface area contributed by atoms with Gasteiger partial charge in [0.2, 0.25) is 11.6 Å². The second-order valence-corrected chi connectivity index (χ2v) is 5.91. The van der Waals surface area contributed by atoms with E-state index in [2.05, 4.69) is 10.6 Å². The first-order valence-electron chi connectivity index (χ1n) is 5.98. The zero-order valence-electron chi connectivity index (χ0n) is 11.1. The van der Waals surface area contributed by atoms with Gasteiger partial charge in [0.05, 0.1) is 17.9 Å². The molecule has 0 saturated carbocycles. The third-order valence-corrected chi connectivity index (χ3v) is 4.11. The molecule has 1 saturated heterocycles. The average Bonchev–Trinajstić information content (AvgIpc) is 2.42. The Bertz CT molecular complexity index is 689. The number of amides is 2. The number of rotatable bonds is 5. The summed E-state index contributed by atoms with van der Waals surface area (Å²) in [6, 6.07) is 5.57. The zero-order valence-corrected chi connectivity index (χ0v) is 11.9. The van der Waals surface area contributed by atoms with Crippen LogP contribution < -0.4 is 10.6 Å². The fraction of sp³-hybridized carbons (Fsp3) is 0.333. The van der Waals surface area contributed by atoms with E-state index in [1.54, 1.807) is 6.07 Å². The predicted molar refractivity (Wildman–Crippen MR) is 78.0 cm³/mol. The number of benzene rings is 1. The SMILES string of the molecule is COC1(NC(=O)Cc2ccccc2S(=O)(=O)O)CNC1=O.[NaH]. The van der Waals surface area contributed by atoms with Crippen molar-refractivity contribution in [3.05, 3.63) is 29.8 Å². The van der Waals surface area contributed by atoms with E-state index in [1.165, 1.54) is 25.3 Å². The molecular weight excluding hydrogens is 323 g/mol. The van der Waals surface area contributed by atoms with E-state index >= 15 is 0 Å². The number of carbonyl (C=O) groups is 2. The van der Waals surface area contributed by atoms with Crippen LogP contribution in [0.3, 0.4) is 0 Å². The van der Waals surface area contributed by atoms with Crippen molar-refractivity contribution in [2.45, 2.75) is 17.0 Å². The Hall–Kier alpha value is -0.970. The summed E-state index contributed by atoms with van der Waals surface area (Å²) in [6.07, 6.45) is -0.311. The Morgan fingerprint density at radius 3 is 2.55 bits per heavy atom. The monoisotopic (exact) mass is 338 g/mol. The molecule has 1 unspecified atom stereocenters. The second kappa shape index (κ2) is 7.07. The van der Waals surface area contributed by atoms with Gasteiger partial charge in [-0.15, -0.1) is 0 Å². The summed E-state index contributed by atoms with van der Waals surface area (Å²) < 4.78 is 36.6. The van der Waals surface area contributed by atoms with Crippen molar-refractivity contribution in [3.8, 4) is 0 Å². The summed E-state index contributed by atoms with van der Waals surface area (Å²) in [7, 11) is -3.14. The van der Waals surface area contributed by atoms with Crippen molar-refractivity contribution in [2.24, 2.45) is 0 Å². The summed E-state index contributed by atoms with van der Waals surface area (Å²) in [5.41, 5.74) is -1.28. The van der Waals surface area contributed by atoms with E-state index in [9.17, 15) is 18.0 Å². The average molecular weight is 338 g/mol. The standard InChI is InChI=1S/C12H14N2O6S.Na.H/c1-20-12(7-13-11(12)16)14-10(15)6-8-4-2-3-5-9(8)21(17,18)19;;/h2-5H,6-7H2,1H3,(H,13,16)(H,14,15)(H,17,18,19);;. The summed E-state index contributed by atoms with van der Waals surface area (Å²) in [5.74, 6) is -1.07. The summed E-state index contributed by atoms with van der Waals surface area (Å²) in [5, 5.41) is 4.85. The maximum absolute atomic E-state index is 12.0. The van der Waals surface area contributed by atoms with E-state index in [-0.39, 0.29) is 53.0 Å². The van der Waals surface area contributed by atoms with Crippen LogP contribution in [0.2, 0.25) is 0 Å². The van der Waals surface area contributed by atoms with Crippen LogP contribution in [0.5, 0.6) is 0 Å². The van der Waals surface area contributed by atoms with Crippen LogP contribution in [0, 0.1) is 0 Å². The molecule has 2 rings (SSSR count). The van der Waals surface area contributed by atoms with E-state index in [4.69, 9.17) is 9.29 Å². The van der Waals surface area contributed by atoms with Crippen molar-refractivity contribution in [1.29, 1.82) is 0 Å². The van der Waals surface area contributed by atoms with Gasteiger partial charge in [-0.05, 0) is 11.6 Å². The van der Waals surface area contributed by atoms with E-state index in [1.807, 2.05) is 0 Å². The van der Waals surface area contributed by atoms with Gasteiger partial charge in [-0.25, -0.2) is 0 Å². The summed E-state index contributed by atoms with van der Waals surface area (Å²) in [4.78, 5) is 23.0. The molecule has 1 aromatic carbocycles. The van der Waals surface area contributed by atoms with Gasteiger partial charge in [0.25, 0.3) is 16.0 Å². The molecule has 1 atom stereocenters. The molecule has 3 N–H and O–H groups in total. The van der Waals surface area contributed by atoms with Gasteiger partial charge in [-0.3, -0.25) is 14.1 Å². The van der Waals surface area contributed by atoms with Crippen LogP contribution >= 0.6 is 0 Å². The quantitative estimate of drug-likeness (QED) is 0.258. The molecule has 0 bridgehead atoms. The molecule has 1 aliphatic rings. The van der Waals surface area contributed by atoms with Gasteiger partial charge in [0, 0.05) is 7.11 Å². The molecule has 0 aliphatic carbocycles. The molecule has 1 aliphatic heterocycles. The minimum absolute atomic E-state index is 0. The molecule has 10 heteroatoms. The molecular formula is C12H15N2NaO6S. The van der Waals surface area contributed by atoms with Crippen LogP contribution in [0.4, 0.5) is 0 Å². The number of nitrogens with one attached hydrogen (secondary N) is 2. The van der Waals surface area contributed by atoms with Crippen molar-refractivity contribution < 1.29 is 27.3 Å². The third kappa shape index (κ3) is 3.86. The van der Waals surface area contributed by atoms with Crippen LogP contribution in [-0.4, -0.2) is 73.7 Å². The molecule has 1 heterocycles. The first kappa shape index (κ1) is 19.1. The van der Waals surface area contributed by atoms with Crippen molar-refractivity contribution in [3.63, 3.8) is 0 Å². The number of hydrogen-bond donors (Lipinski definition) is 3. The van der Waals surface area contributed by atoms with Gasteiger partial charge in [0.15, 0.2) is 0 Å². The second-order valence-electron chi connectivity index (χ2n) is 4.52. The van der Waals surface area contributed by atoms with Gasteiger partial charge >= 0.3 is 29.6 Å². The van der Waals surface area contributed by atoms with Crippen LogP contribution in [0.15, 0.2) is 29.2 Å². The fourth-order valence-electron chi connectivity index (χ4n) is 1.98. The molecule has 2 amide bonds. The number of ether oxygens (including phenoxy) is 1. The molecule has 1 aromatic rings. The number of methoxy groups -OCH3 is 1. The molecule has 0 spiro atoms. The van der Waals surface area contributed by atoms with Crippen LogP contribution in [0.1, 0.15) is 5.56 Å². The Morgan fingerprint density at radius 1 is 1.45 bits per heavy atom. The van der Waals surface area contributed by atoms with Crippen LogP contribution in [-0.2, 0) is 30.9 Å². The predicted octanol–water partition coefficient (Wildman–Crippen LogP) is -1.58. The zero-order chi connectivity index (χ0) is 15.7. The van der Waals surface area contributed by atoms with E-state index < -0.39 is 27.7 Å². The molecule has 116 valence electrons. The maximum atomic E-state index is 12.0. The van der Waals surface area contributed by atoms with Gasteiger partial charge in [-0.2, -0.15) is 8.42 Å². The van der Waals surface area contributed by atoms with E-state index in [0.717, 1.165) is 0 Å². The number of hydrogen-bond acceptors (Lipinski definition) is 5. The van der Waals surface area contributed by atoms with Gasteiger partial charge in [0.1, 0.15) is 0 Å². The molecule has 8 nitrogen and oxygen atoms in total. The minimum atomic E-state index is -4.42.